The summed E-state index contributed by atoms with van der Waals surface area (Å²) in [5, 5.41) is 3.56. The highest BCUT2D eigenvalue weighted by Gasteiger charge is 2.22. The molecule has 1 aliphatic heterocycles. The van der Waals surface area contributed by atoms with Crippen molar-refractivity contribution >= 4 is 23.3 Å². The number of rotatable bonds is 4. The molecule has 0 spiro atoms. The smallest absolute Gasteiger partial charge is 0.317 e. The summed E-state index contributed by atoms with van der Waals surface area (Å²) >= 11 is 6.11. The van der Waals surface area contributed by atoms with E-state index in [4.69, 9.17) is 16.3 Å². The third kappa shape index (κ3) is 4.63. The fourth-order valence-corrected chi connectivity index (χ4v) is 3.35. The van der Waals surface area contributed by atoms with Gasteiger partial charge in [0, 0.05) is 43.4 Å². The van der Waals surface area contributed by atoms with Gasteiger partial charge in [-0.1, -0.05) is 23.7 Å². The van der Waals surface area contributed by atoms with Gasteiger partial charge in [0.15, 0.2) is 11.6 Å². The van der Waals surface area contributed by atoms with Crippen molar-refractivity contribution in [1.82, 2.24) is 10.2 Å². The number of halogens is 2. The van der Waals surface area contributed by atoms with Crippen LogP contribution in [0.15, 0.2) is 36.4 Å². The van der Waals surface area contributed by atoms with Crippen LogP contribution in [0.2, 0.25) is 5.02 Å². The van der Waals surface area contributed by atoms with E-state index in [0.29, 0.717) is 23.7 Å². The summed E-state index contributed by atoms with van der Waals surface area (Å²) < 4.78 is 18.6. The zero-order valence-corrected chi connectivity index (χ0v) is 16.2. The second-order valence-electron chi connectivity index (χ2n) is 6.53. The van der Waals surface area contributed by atoms with Gasteiger partial charge in [0.25, 0.3) is 0 Å². The molecule has 1 aliphatic rings. The molecule has 2 aromatic carbocycles. The van der Waals surface area contributed by atoms with E-state index in [1.165, 1.54) is 18.7 Å². The number of aryl methyl sites for hydroxylation is 1. The van der Waals surface area contributed by atoms with E-state index >= 15 is 0 Å². The number of urea groups is 1. The number of piperazine rings is 1. The molecule has 0 unspecified atom stereocenters. The van der Waals surface area contributed by atoms with Gasteiger partial charge in [-0.05, 0) is 42.3 Å². The van der Waals surface area contributed by atoms with E-state index in [1.807, 2.05) is 18.2 Å². The van der Waals surface area contributed by atoms with Gasteiger partial charge in [0.05, 0.1) is 7.11 Å². The van der Waals surface area contributed by atoms with Crippen LogP contribution in [0.25, 0.3) is 0 Å². The minimum absolute atomic E-state index is 0.145. The Bertz CT molecular complexity index is 823. The third-order valence-electron chi connectivity index (χ3n) is 4.74. The molecule has 0 radical (unpaired) electrons. The number of carbonyl (C=O) groups excluding carboxylic acids is 1. The monoisotopic (exact) mass is 391 g/mol. The molecule has 0 atom stereocenters. The van der Waals surface area contributed by atoms with Crippen molar-refractivity contribution in [3.05, 3.63) is 58.4 Å². The first-order valence-corrected chi connectivity index (χ1v) is 9.22. The van der Waals surface area contributed by atoms with Gasteiger partial charge in [-0.3, -0.25) is 0 Å². The normalized spacial score (nSPS) is 14.2. The van der Waals surface area contributed by atoms with Crippen LogP contribution in [0, 0.1) is 12.7 Å². The molecule has 5 nitrogen and oxygen atoms in total. The van der Waals surface area contributed by atoms with Crippen molar-refractivity contribution in [2.75, 3.05) is 38.2 Å². The third-order valence-corrected chi connectivity index (χ3v) is 4.97. The molecule has 0 bridgehead atoms. The fraction of sp³-hybridized carbons (Fsp3) is 0.350. The Morgan fingerprint density at radius 2 is 1.93 bits per heavy atom. The molecule has 1 fully saturated rings. The van der Waals surface area contributed by atoms with Crippen molar-refractivity contribution in [2.45, 2.75) is 13.5 Å². The van der Waals surface area contributed by atoms with E-state index < -0.39 is 5.82 Å². The molecular formula is C20H23ClFN3O2. The highest BCUT2D eigenvalue weighted by atomic mass is 35.5. The van der Waals surface area contributed by atoms with Crippen molar-refractivity contribution in [2.24, 2.45) is 0 Å². The minimum atomic E-state index is -0.435. The number of amides is 2. The maximum atomic E-state index is 13.7. The Kier molecular flexibility index (Phi) is 6.06. The van der Waals surface area contributed by atoms with Gasteiger partial charge < -0.3 is 19.9 Å². The second kappa shape index (κ2) is 8.48. The molecule has 1 N–H and O–H groups in total. The van der Waals surface area contributed by atoms with Crippen LogP contribution in [-0.2, 0) is 6.54 Å². The van der Waals surface area contributed by atoms with Crippen LogP contribution >= 0.6 is 11.6 Å². The Balaban J connectivity index is 1.52. The number of hydrogen-bond donors (Lipinski definition) is 1. The number of anilines is 1. The summed E-state index contributed by atoms with van der Waals surface area (Å²) in [7, 11) is 1.42. The summed E-state index contributed by atoms with van der Waals surface area (Å²) in [5.41, 5.74) is 2.96. The molecule has 144 valence electrons. The number of ether oxygens (including phenoxy) is 1. The molecule has 3 rings (SSSR count). The SMILES string of the molecule is COc1ccc(CNC(=O)N2CCN(c3cc(Cl)ccc3C)CC2)cc1F. The van der Waals surface area contributed by atoms with Crippen LogP contribution in [-0.4, -0.2) is 44.2 Å². The van der Waals surface area contributed by atoms with Crippen molar-refractivity contribution < 1.29 is 13.9 Å². The average Bonchev–Trinajstić information content (AvgIpc) is 2.68. The average molecular weight is 392 g/mol. The molecular weight excluding hydrogens is 369 g/mol. The molecule has 2 amide bonds. The predicted molar refractivity (Wildman–Crippen MR) is 105 cm³/mol. The van der Waals surface area contributed by atoms with Crippen LogP contribution in [0.3, 0.4) is 0 Å². The highest BCUT2D eigenvalue weighted by molar-refractivity contribution is 6.30. The lowest BCUT2D eigenvalue weighted by Crippen LogP contribution is -2.51. The largest absolute Gasteiger partial charge is 0.494 e. The first-order chi connectivity index (χ1) is 13.0. The van der Waals surface area contributed by atoms with Gasteiger partial charge in [0.1, 0.15) is 0 Å². The first-order valence-electron chi connectivity index (χ1n) is 8.84. The summed E-state index contributed by atoms with van der Waals surface area (Å²) in [6.07, 6.45) is 0. The summed E-state index contributed by atoms with van der Waals surface area (Å²) in [5.74, 6) is -0.243. The topological polar surface area (TPSA) is 44.8 Å². The zero-order chi connectivity index (χ0) is 19.4. The number of nitrogens with one attached hydrogen (secondary N) is 1. The van der Waals surface area contributed by atoms with Crippen molar-refractivity contribution in [3.63, 3.8) is 0 Å². The lowest BCUT2D eigenvalue weighted by molar-refractivity contribution is 0.194. The molecule has 2 aromatic rings. The Morgan fingerprint density at radius 1 is 1.19 bits per heavy atom. The highest BCUT2D eigenvalue weighted by Crippen LogP contribution is 2.25. The van der Waals surface area contributed by atoms with E-state index in [2.05, 4.69) is 17.1 Å². The number of carbonyl (C=O) groups is 1. The van der Waals surface area contributed by atoms with E-state index in [1.54, 1.807) is 17.0 Å². The molecule has 1 saturated heterocycles. The lowest BCUT2D eigenvalue weighted by Gasteiger charge is -2.36. The van der Waals surface area contributed by atoms with Gasteiger partial charge in [0.2, 0.25) is 0 Å². The molecule has 0 saturated carbocycles. The number of methoxy groups -OCH3 is 1. The Morgan fingerprint density at radius 3 is 2.59 bits per heavy atom. The van der Waals surface area contributed by atoms with Crippen LogP contribution in [0.1, 0.15) is 11.1 Å². The van der Waals surface area contributed by atoms with Crippen LogP contribution in [0.4, 0.5) is 14.9 Å². The zero-order valence-electron chi connectivity index (χ0n) is 15.5. The molecule has 27 heavy (non-hydrogen) atoms. The van der Waals surface area contributed by atoms with E-state index in [9.17, 15) is 9.18 Å². The Hall–Kier alpha value is -2.47. The van der Waals surface area contributed by atoms with Gasteiger partial charge >= 0.3 is 6.03 Å². The van der Waals surface area contributed by atoms with Crippen molar-refractivity contribution in [1.29, 1.82) is 0 Å². The summed E-state index contributed by atoms with van der Waals surface area (Å²) in [4.78, 5) is 16.4. The number of hydrogen-bond acceptors (Lipinski definition) is 3. The lowest BCUT2D eigenvalue weighted by atomic mass is 10.1. The van der Waals surface area contributed by atoms with Gasteiger partial charge in [-0.2, -0.15) is 0 Å². The predicted octanol–water partition coefficient (Wildman–Crippen LogP) is 3.83. The standard InChI is InChI=1S/C20H23ClFN3O2/c1-14-3-5-16(21)12-18(14)24-7-9-25(10-8-24)20(26)23-13-15-4-6-19(27-2)17(22)11-15/h3-6,11-12H,7-10,13H2,1-2H3,(H,23,26). The minimum Gasteiger partial charge on any atom is -0.494 e. The summed E-state index contributed by atoms with van der Waals surface area (Å²) in [6.45, 7) is 5.05. The summed E-state index contributed by atoms with van der Waals surface area (Å²) in [6, 6.07) is 10.4. The Labute approximate surface area is 163 Å². The maximum absolute atomic E-state index is 13.7. The van der Waals surface area contributed by atoms with E-state index in [-0.39, 0.29) is 18.3 Å². The first kappa shape index (κ1) is 19.3. The maximum Gasteiger partial charge on any atom is 0.317 e. The molecule has 0 aliphatic carbocycles. The van der Waals surface area contributed by atoms with Crippen molar-refractivity contribution in [3.8, 4) is 5.75 Å². The quantitative estimate of drug-likeness (QED) is 0.861. The van der Waals surface area contributed by atoms with E-state index in [0.717, 1.165) is 18.8 Å². The number of nitrogens with zero attached hydrogens (tertiary/aromatic N) is 2. The molecule has 7 heteroatoms. The molecule has 0 aromatic heterocycles. The van der Waals surface area contributed by atoms with Crippen LogP contribution < -0.4 is 15.0 Å². The fourth-order valence-electron chi connectivity index (χ4n) is 3.18. The number of benzene rings is 2. The van der Waals surface area contributed by atoms with Crippen LogP contribution in [0.5, 0.6) is 5.75 Å². The van der Waals surface area contributed by atoms with Gasteiger partial charge in [-0.25, -0.2) is 9.18 Å². The molecule has 1 heterocycles. The van der Waals surface area contributed by atoms with Gasteiger partial charge in [-0.15, -0.1) is 0 Å². The second-order valence-corrected chi connectivity index (χ2v) is 6.97.